The zero-order valence-electron chi connectivity index (χ0n) is 8.66. The highest BCUT2D eigenvalue weighted by atomic mass is 79.9. The summed E-state index contributed by atoms with van der Waals surface area (Å²) < 4.78 is 0. The number of alkyl halides is 1. The number of rotatable bonds is 4. The molecular weight excluding hydrogens is 306 g/mol. The van der Waals surface area contributed by atoms with Gasteiger partial charge in [0.05, 0.1) is 0 Å². The monoisotopic (exact) mass is 321 g/mol. The molecule has 1 aromatic rings. The summed E-state index contributed by atoms with van der Waals surface area (Å²) in [5.74, 6) is 0. The molecule has 0 radical (unpaired) electrons. The first-order valence-electron chi connectivity index (χ1n) is 4.65. The Morgan fingerprint density at radius 2 is 2.07 bits per heavy atom. The van der Waals surface area contributed by atoms with Gasteiger partial charge >= 0.3 is 0 Å². The molecule has 0 amide bonds. The summed E-state index contributed by atoms with van der Waals surface area (Å²) in [6, 6.07) is 8.64. The molecule has 3 heteroatoms. The van der Waals surface area contributed by atoms with Crippen molar-refractivity contribution in [3.63, 3.8) is 0 Å². The van der Waals surface area contributed by atoms with Crippen molar-refractivity contribution in [2.75, 3.05) is 23.3 Å². The second-order valence-electron chi connectivity index (χ2n) is 3.11. The average molecular weight is 323 g/mol. The van der Waals surface area contributed by atoms with Gasteiger partial charge in [-0.25, -0.2) is 0 Å². The number of aryl methyl sites for hydroxylation is 1. The molecule has 0 atom stereocenters. The van der Waals surface area contributed by atoms with E-state index in [0.29, 0.717) is 0 Å². The molecule has 1 aromatic carbocycles. The van der Waals surface area contributed by atoms with Gasteiger partial charge in [0.1, 0.15) is 0 Å². The van der Waals surface area contributed by atoms with Gasteiger partial charge in [-0.15, -0.1) is 17.0 Å². The third kappa shape index (κ3) is 4.01. The van der Waals surface area contributed by atoms with Gasteiger partial charge in [0, 0.05) is 24.1 Å². The second-order valence-corrected chi connectivity index (χ2v) is 3.90. The fraction of sp³-hybridized carbons (Fsp3) is 0.455. The molecule has 0 N–H and O–H groups in total. The van der Waals surface area contributed by atoms with E-state index in [1.807, 2.05) is 0 Å². The van der Waals surface area contributed by atoms with E-state index >= 15 is 0 Å². The molecule has 0 aromatic heterocycles. The normalized spacial score (nSPS) is 9.36. The third-order valence-corrected chi connectivity index (χ3v) is 2.46. The zero-order chi connectivity index (χ0) is 9.68. The predicted molar refractivity (Wildman–Crippen MR) is 73.2 cm³/mol. The van der Waals surface area contributed by atoms with Crippen LogP contribution >= 0.6 is 32.9 Å². The maximum Gasteiger partial charge on any atom is 0.0369 e. The van der Waals surface area contributed by atoms with Crippen LogP contribution in [0, 0.1) is 6.92 Å². The molecule has 0 saturated heterocycles. The number of hydrogen-bond acceptors (Lipinski definition) is 1. The number of anilines is 1. The van der Waals surface area contributed by atoms with Crippen molar-refractivity contribution in [3.05, 3.63) is 29.8 Å². The summed E-state index contributed by atoms with van der Waals surface area (Å²) in [5.41, 5.74) is 2.65. The predicted octanol–water partition coefficient (Wildman–Crippen LogP) is 3.79. The second kappa shape index (κ2) is 7.30. The van der Waals surface area contributed by atoms with Gasteiger partial charge in [-0.05, 0) is 31.5 Å². The SMILES string of the molecule is Br.CCN(CCBr)c1cccc(C)c1. The minimum atomic E-state index is 0. The van der Waals surface area contributed by atoms with Crippen LogP contribution in [0.15, 0.2) is 24.3 Å². The molecule has 0 bridgehead atoms. The maximum atomic E-state index is 3.46. The van der Waals surface area contributed by atoms with Crippen molar-refractivity contribution in [1.29, 1.82) is 0 Å². The number of halogens is 2. The average Bonchev–Trinajstić information content (AvgIpc) is 2.14. The smallest absolute Gasteiger partial charge is 0.0369 e. The lowest BCUT2D eigenvalue weighted by Crippen LogP contribution is -2.24. The maximum absolute atomic E-state index is 3.46. The molecule has 0 aliphatic rings. The van der Waals surface area contributed by atoms with Gasteiger partial charge in [0.2, 0.25) is 0 Å². The lowest BCUT2D eigenvalue weighted by atomic mass is 10.2. The van der Waals surface area contributed by atoms with Gasteiger partial charge in [0.25, 0.3) is 0 Å². The molecule has 1 rings (SSSR count). The Morgan fingerprint density at radius 3 is 2.57 bits per heavy atom. The topological polar surface area (TPSA) is 3.24 Å². The zero-order valence-corrected chi connectivity index (χ0v) is 12.0. The minimum absolute atomic E-state index is 0. The number of hydrogen-bond donors (Lipinski definition) is 0. The summed E-state index contributed by atoms with van der Waals surface area (Å²) in [6.45, 7) is 6.45. The van der Waals surface area contributed by atoms with E-state index < -0.39 is 0 Å². The molecular formula is C11H17Br2N. The lowest BCUT2D eigenvalue weighted by Gasteiger charge is -2.22. The van der Waals surface area contributed by atoms with Gasteiger partial charge in [-0.2, -0.15) is 0 Å². The van der Waals surface area contributed by atoms with Crippen molar-refractivity contribution >= 4 is 38.6 Å². The van der Waals surface area contributed by atoms with Gasteiger partial charge < -0.3 is 4.90 Å². The van der Waals surface area contributed by atoms with Crippen LogP contribution in [0.1, 0.15) is 12.5 Å². The highest BCUT2D eigenvalue weighted by Gasteiger charge is 2.01. The fourth-order valence-electron chi connectivity index (χ4n) is 1.40. The Bertz CT molecular complexity index is 263. The quantitative estimate of drug-likeness (QED) is 0.762. The molecule has 80 valence electrons. The van der Waals surface area contributed by atoms with Crippen molar-refractivity contribution < 1.29 is 0 Å². The first-order valence-corrected chi connectivity index (χ1v) is 5.77. The van der Waals surface area contributed by atoms with Gasteiger partial charge in [-0.1, -0.05) is 28.1 Å². The van der Waals surface area contributed by atoms with Crippen LogP contribution < -0.4 is 4.90 Å². The van der Waals surface area contributed by atoms with E-state index in [0.717, 1.165) is 18.4 Å². The van der Waals surface area contributed by atoms with E-state index in [4.69, 9.17) is 0 Å². The van der Waals surface area contributed by atoms with Crippen LogP contribution in [0.4, 0.5) is 5.69 Å². The summed E-state index contributed by atoms with van der Waals surface area (Å²) in [6.07, 6.45) is 0. The molecule has 0 saturated carbocycles. The molecule has 0 fully saturated rings. The van der Waals surface area contributed by atoms with E-state index in [1.54, 1.807) is 0 Å². The van der Waals surface area contributed by atoms with Crippen LogP contribution in [0.5, 0.6) is 0 Å². The standard InChI is InChI=1S/C11H16BrN.BrH/c1-3-13(8-7-12)11-6-4-5-10(2)9-11;/h4-6,9H,3,7-8H2,1-2H3;1H. The summed E-state index contributed by atoms with van der Waals surface area (Å²) >= 11 is 3.46. The van der Waals surface area contributed by atoms with Crippen LogP contribution in [0.25, 0.3) is 0 Å². The van der Waals surface area contributed by atoms with Crippen LogP contribution in [-0.4, -0.2) is 18.4 Å². The van der Waals surface area contributed by atoms with Gasteiger partial charge in [-0.3, -0.25) is 0 Å². The Hall–Kier alpha value is -0.0200. The first kappa shape index (κ1) is 14.0. The Morgan fingerprint density at radius 1 is 1.36 bits per heavy atom. The largest absolute Gasteiger partial charge is 0.371 e. The molecule has 0 spiro atoms. The Balaban J connectivity index is 0.00000169. The molecule has 0 aliphatic heterocycles. The molecule has 0 unspecified atom stereocenters. The highest BCUT2D eigenvalue weighted by Crippen LogP contribution is 2.15. The van der Waals surface area contributed by atoms with Crippen LogP contribution in [0.3, 0.4) is 0 Å². The lowest BCUT2D eigenvalue weighted by molar-refractivity contribution is 0.875. The third-order valence-electron chi connectivity index (χ3n) is 2.10. The van der Waals surface area contributed by atoms with Crippen molar-refractivity contribution in [1.82, 2.24) is 0 Å². The number of nitrogens with zero attached hydrogens (tertiary/aromatic N) is 1. The van der Waals surface area contributed by atoms with E-state index in [1.165, 1.54) is 11.3 Å². The van der Waals surface area contributed by atoms with Crippen molar-refractivity contribution in [2.24, 2.45) is 0 Å². The molecule has 0 aliphatic carbocycles. The number of benzene rings is 1. The fourth-order valence-corrected chi connectivity index (χ4v) is 1.82. The van der Waals surface area contributed by atoms with E-state index in [-0.39, 0.29) is 17.0 Å². The minimum Gasteiger partial charge on any atom is -0.371 e. The molecule has 0 heterocycles. The van der Waals surface area contributed by atoms with Crippen molar-refractivity contribution in [2.45, 2.75) is 13.8 Å². The first-order chi connectivity index (χ1) is 6.27. The van der Waals surface area contributed by atoms with E-state index in [2.05, 4.69) is 58.9 Å². The Kier molecular flexibility index (Phi) is 7.28. The van der Waals surface area contributed by atoms with Crippen LogP contribution in [-0.2, 0) is 0 Å². The van der Waals surface area contributed by atoms with E-state index in [9.17, 15) is 0 Å². The Labute approximate surface area is 105 Å². The van der Waals surface area contributed by atoms with Crippen LogP contribution in [0.2, 0.25) is 0 Å². The highest BCUT2D eigenvalue weighted by molar-refractivity contribution is 9.09. The van der Waals surface area contributed by atoms with Crippen molar-refractivity contribution in [3.8, 4) is 0 Å². The van der Waals surface area contributed by atoms with Gasteiger partial charge in [0.15, 0.2) is 0 Å². The summed E-state index contributed by atoms with van der Waals surface area (Å²) in [7, 11) is 0. The molecule has 1 nitrogen and oxygen atoms in total. The molecule has 14 heavy (non-hydrogen) atoms. The summed E-state index contributed by atoms with van der Waals surface area (Å²) in [4.78, 5) is 2.36. The summed E-state index contributed by atoms with van der Waals surface area (Å²) in [5, 5.41) is 1.02.